The summed E-state index contributed by atoms with van der Waals surface area (Å²) in [6, 6.07) is 6.76. The van der Waals surface area contributed by atoms with Crippen molar-refractivity contribution in [1.82, 2.24) is 0 Å². The van der Waals surface area contributed by atoms with E-state index in [9.17, 15) is 0 Å². The largest absolute Gasteiger partial charge is 0.496 e. The van der Waals surface area contributed by atoms with Gasteiger partial charge in [0.2, 0.25) is 0 Å². The van der Waals surface area contributed by atoms with Crippen molar-refractivity contribution in [3.63, 3.8) is 0 Å². The third kappa shape index (κ3) is 2.39. The van der Waals surface area contributed by atoms with Crippen LogP contribution in [0.1, 0.15) is 51.0 Å². The second-order valence-electron chi connectivity index (χ2n) is 6.15. The molecule has 0 amide bonds. The molecular formula is C16H22OS. The molecular weight excluding hydrogens is 240 g/mol. The Morgan fingerprint density at radius 3 is 2.28 bits per heavy atom. The van der Waals surface area contributed by atoms with Gasteiger partial charge in [0.05, 0.1) is 7.11 Å². The first-order valence-electron chi connectivity index (χ1n) is 6.45. The Hall–Kier alpha value is -1.02. The maximum Gasteiger partial charge on any atom is 0.127 e. The minimum atomic E-state index is 0.201. The number of thiophene rings is 1. The molecule has 0 fully saturated rings. The van der Waals surface area contributed by atoms with Gasteiger partial charge in [-0.15, -0.1) is 11.3 Å². The molecule has 0 aliphatic carbocycles. The monoisotopic (exact) mass is 262 g/mol. The zero-order valence-electron chi connectivity index (χ0n) is 12.1. The zero-order valence-corrected chi connectivity index (χ0v) is 12.9. The molecule has 0 saturated carbocycles. The minimum Gasteiger partial charge on any atom is -0.496 e. The van der Waals surface area contributed by atoms with Crippen molar-refractivity contribution in [2.75, 3.05) is 7.11 Å². The van der Waals surface area contributed by atoms with E-state index in [-0.39, 0.29) is 5.41 Å². The van der Waals surface area contributed by atoms with Gasteiger partial charge in [-0.2, -0.15) is 0 Å². The van der Waals surface area contributed by atoms with Crippen LogP contribution in [0.15, 0.2) is 18.2 Å². The first kappa shape index (κ1) is 13.4. The molecule has 2 aromatic rings. The summed E-state index contributed by atoms with van der Waals surface area (Å²) in [6.07, 6.45) is 0. The van der Waals surface area contributed by atoms with Crippen molar-refractivity contribution in [2.24, 2.45) is 0 Å². The summed E-state index contributed by atoms with van der Waals surface area (Å²) in [4.78, 5) is 1.41. The Bertz CT molecular complexity index is 558. The average Bonchev–Trinajstić information content (AvgIpc) is 2.70. The molecule has 2 heteroatoms. The highest BCUT2D eigenvalue weighted by Crippen LogP contribution is 2.40. The molecule has 1 aromatic carbocycles. The maximum atomic E-state index is 5.55. The fraction of sp³-hybridized carbons (Fsp3) is 0.500. The second kappa shape index (κ2) is 4.58. The zero-order chi connectivity index (χ0) is 13.5. The van der Waals surface area contributed by atoms with E-state index in [1.165, 1.54) is 20.5 Å². The smallest absolute Gasteiger partial charge is 0.127 e. The van der Waals surface area contributed by atoms with E-state index in [0.717, 1.165) is 5.75 Å². The van der Waals surface area contributed by atoms with Crippen LogP contribution in [-0.4, -0.2) is 7.11 Å². The van der Waals surface area contributed by atoms with Gasteiger partial charge in [0.1, 0.15) is 5.75 Å². The molecule has 1 nitrogen and oxygen atoms in total. The van der Waals surface area contributed by atoms with Crippen LogP contribution in [0, 0.1) is 0 Å². The molecule has 0 spiro atoms. The van der Waals surface area contributed by atoms with E-state index >= 15 is 0 Å². The van der Waals surface area contributed by atoms with E-state index in [1.807, 2.05) is 11.3 Å². The van der Waals surface area contributed by atoms with Gasteiger partial charge in [0.15, 0.2) is 0 Å². The Labute approximate surface area is 114 Å². The van der Waals surface area contributed by atoms with Gasteiger partial charge >= 0.3 is 0 Å². The van der Waals surface area contributed by atoms with Crippen molar-refractivity contribution < 1.29 is 4.74 Å². The first-order valence-corrected chi connectivity index (χ1v) is 7.26. The molecule has 18 heavy (non-hydrogen) atoms. The van der Waals surface area contributed by atoms with Crippen molar-refractivity contribution in [3.05, 3.63) is 28.6 Å². The summed E-state index contributed by atoms with van der Waals surface area (Å²) in [7, 11) is 1.76. The molecule has 0 unspecified atom stereocenters. The predicted molar refractivity (Wildman–Crippen MR) is 81.2 cm³/mol. The number of hydrogen-bond acceptors (Lipinski definition) is 2. The Morgan fingerprint density at radius 2 is 1.78 bits per heavy atom. The third-order valence-corrected chi connectivity index (χ3v) is 4.76. The summed E-state index contributed by atoms with van der Waals surface area (Å²) in [6.45, 7) is 11.2. The fourth-order valence-electron chi connectivity index (χ4n) is 2.00. The lowest BCUT2D eigenvalue weighted by Crippen LogP contribution is -2.07. The van der Waals surface area contributed by atoms with Crippen LogP contribution in [0.25, 0.3) is 10.1 Å². The van der Waals surface area contributed by atoms with Gasteiger partial charge in [0, 0.05) is 15.0 Å². The molecule has 98 valence electrons. The predicted octanol–water partition coefficient (Wildman–Crippen LogP) is 5.33. The van der Waals surface area contributed by atoms with Crippen molar-refractivity contribution in [3.8, 4) is 5.75 Å². The van der Waals surface area contributed by atoms with Gasteiger partial charge in [-0.25, -0.2) is 0 Å². The van der Waals surface area contributed by atoms with Gasteiger partial charge in [-0.1, -0.05) is 34.6 Å². The van der Waals surface area contributed by atoms with Crippen molar-refractivity contribution in [1.29, 1.82) is 0 Å². The fourth-order valence-corrected chi connectivity index (χ4v) is 3.18. The van der Waals surface area contributed by atoms with Crippen LogP contribution in [0.2, 0.25) is 0 Å². The molecule has 0 N–H and O–H groups in total. The van der Waals surface area contributed by atoms with Crippen molar-refractivity contribution in [2.45, 2.75) is 46.0 Å². The normalized spacial score (nSPS) is 12.4. The van der Waals surface area contributed by atoms with Crippen LogP contribution in [0.5, 0.6) is 5.75 Å². The summed E-state index contributed by atoms with van der Waals surface area (Å²) in [5.74, 6) is 1.53. The molecule has 0 aliphatic rings. The average molecular weight is 262 g/mol. The molecule has 0 aliphatic heterocycles. The Morgan fingerprint density at radius 1 is 1.11 bits per heavy atom. The quantitative estimate of drug-likeness (QED) is 0.710. The van der Waals surface area contributed by atoms with E-state index in [2.05, 4.69) is 52.8 Å². The van der Waals surface area contributed by atoms with E-state index in [4.69, 9.17) is 4.74 Å². The number of ether oxygens (including phenoxy) is 1. The Balaban J connectivity index is 2.67. The standard InChI is InChI=1S/C16H22OS/c1-10(2)11-7-13(17-6)12-9-15(16(3,4)5)18-14(12)8-11/h7-10H,1-6H3. The topological polar surface area (TPSA) is 9.23 Å². The summed E-state index contributed by atoms with van der Waals surface area (Å²) in [5.41, 5.74) is 1.55. The summed E-state index contributed by atoms with van der Waals surface area (Å²) < 4.78 is 6.89. The summed E-state index contributed by atoms with van der Waals surface area (Å²) >= 11 is 1.89. The van der Waals surface area contributed by atoms with E-state index in [1.54, 1.807) is 7.11 Å². The third-order valence-electron chi connectivity index (χ3n) is 3.25. The number of benzene rings is 1. The number of hydrogen-bond donors (Lipinski definition) is 0. The second-order valence-corrected chi connectivity index (χ2v) is 7.23. The molecule has 2 rings (SSSR count). The van der Waals surface area contributed by atoms with Crippen LogP contribution < -0.4 is 4.74 Å². The lowest BCUT2D eigenvalue weighted by molar-refractivity contribution is 0.419. The van der Waals surface area contributed by atoms with Crippen LogP contribution in [-0.2, 0) is 5.41 Å². The highest BCUT2D eigenvalue weighted by Gasteiger charge is 2.19. The van der Waals surface area contributed by atoms with E-state index < -0.39 is 0 Å². The lowest BCUT2D eigenvalue weighted by atomic mass is 9.94. The summed E-state index contributed by atoms with van der Waals surface area (Å²) in [5, 5.41) is 1.25. The number of fused-ring (bicyclic) bond motifs is 1. The lowest BCUT2D eigenvalue weighted by Gasteiger charge is -2.14. The molecule has 0 atom stereocenters. The maximum absolute atomic E-state index is 5.55. The number of rotatable bonds is 2. The van der Waals surface area contributed by atoms with E-state index in [0.29, 0.717) is 5.92 Å². The minimum absolute atomic E-state index is 0.201. The van der Waals surface area contributed by atoms with Crippen LogP contribution in [0.3, 0.4) is 0 Å². The molecule has 1 aromatic heterocycles. The van der Waals surface area contributed by atoms with Crippen molar-refractivity contribution >= 4 is 21.4 Å². The highest BCUT2D eigenvalue weighted by molar-refractivity contribution is 7.19. The van der Waals surface area contributed by atoms with Gasteiger partial charge in [-0.05, 0) is 35.1 Å². The van der Waals surface area contributed by atoms with Crippen LogP contribution >= 0.6 is 11.3 Å². The van der Waals surface area contributed by atoms with Gasteiger partial charge in [0.25, 0.3) is 0 Å². The van der Waals surface area contributed by atoms with Gasteiger partial charge in [-0.3, -0.25) is 0 Å². The SMILES string of the molecule is COc1cc(C(C)C)cc2sc(C(C)(C)C)cc12. The molecule has 0 radical (unpaired) electrons. The van der Waals surface area contributed by atoms with Gasteiger partial charge < -0.3 is 4.74 Å². The molecule has 0 bridgehead atoms. The number of methoxy groups -OCH3 is 1. The highest BCUT2D eigenvalue weighted by atomic mass is 32.1. The first-order chi connectivity index (χ1) is 8.32. The Kier molecular flexibility index (Phi) is 3.41. The van der Waals surface area contributed by atoms with Crippen LogP contribution in [0.4, 0.5) is 0 Å². The molecule has 0 saturated heterocycles. The molecule has 1 heterocycles.